The van der Waals surface area contributed by atoms with Crippen molar-refractivity contribution in [3.8, 4) is 0 Å². The topological polar surface area (TPSA) is 3.24 Å². The molecule has 0 radical (unpaired) electrons. The molecule has 0 fully saturated rings. The van der Waals surface area contributed by atoms with Gasteiger partial charge in [-0.3, -0.25) is 0 Å². The van der Waals surface area contributed by atoms with E-state index < -0.39 is 23.6 Å². The van der Waals surface area contributed by atoms with Gasteiger partial charge in [-0.05, 0) is 36.6 Å². The zero-order valence-corrected chi connectivity index (χ0v) is 14.9. The number of hydrogen-bond acceptors (Lipinski definition) is 1. The van der Waals surface area contributed by atoms with Gasteiger partial charge >= 0.3 is 18.0 Å². The highest BCUT2D eigenvalue weighted by molar-refractivity contribution is 5.80. The van der Waals surface area contributed by atoms with Crippen LogP contribution in [-0.2, 0) is 5.67 Å². The van der Waals surface area contributed by atoms with Crippen LogP contribution in [0.25, 0.3) is 6.08 Å². The van der Waals surface area contributed by atoms with Crippen molar-refractivity contribution in [1.29, 1.82) is 0 Å². The summed E-state index contributed by atoms with van der Waals surface area (Å²) in [6, 6.07) is 8.51. The summed E-state index contributed by atoms with van der Waals surface area (Å²) in [5, 5.41) is 0. The van der Waals surface area contributed by atoms with Gasteiger partial charge in [0, 0.05) is 23.5 Å². The third kappa shape index (κ3) is 3.04. The van der Waals surface area contributed by atoms with Gasteiger partial charge in [-0.15, -0.1) is 0 Å². The van der Waals surface area contributed by atoms with Crippen molar-refractivity contribution in [2.45, 2.75) is 31.9 Å². The molecule has 2 aromatic rings. The van der Waals surface area contributed by atoms with E-state index in [4.69, 9.17) is 0 Å². The Morgan fingerprint density at radius 3 is 1.89 bits per heavy atom. The quantitative estimate of drug-likeness (QED) is 0.501. The second-order valence-electron chi connectivity index (χ2n) is 6.68. The lowest BCUT2D eigenvalue weighted by Gasteiger charge is -2.34. The summed E-state index contributed by atoms with van der Waals surface area (Å²) in [6.45, 7) is 3.14. The lowest BCUT2D eigenvalue weighted by Crippen LogP contribution is -2.50. The van der Waals surface area contributed by atoms with Crippen molar-refractivity contribution in [3.63, 3.8) is 0 Å². The minimum atomic E-state index is -6.13. The molecule has 1 aliphatic heterocycles. The molecule has 8 heteroatoms. The van der Waals surface area contributed by atoms with Crippen LogP contribution in [0.1, 0.15) is 22.3 Å². The van der Waals surface area contributed by atoms with E-state index in [0.29, 0.717) is 24.4 Å². The Kier molecular flexibility index (Phi) is 4.72. The summed E-state index contributed by atoms with van der Waals surface area (Å²) < 4.78 is 93.0. The standard InChI is InChI=1S/C20H16F7N/c1-12-10-15(18(21,19(22,23)24)20(25,26)27)11-13(2)17(12)28-9-5-7-14-6-3-4-8-16(14)28/h3-8,10-11H,9H2,1-2H3. The molecule has 0 aromatic heterocycles. The minimum absolute atomic E-state index is 0.121. The van der Waals surface area contributed by atoms with Crippen molar-refractivity contribution < 1.29 is 30.7 Å². The molecule has 0 amide bonds. The number of benzene rings is 2. The Morgan fingerprint density at radius 2 is 1.36 bits per heavy atom. The fourth-order valence-corrected chi connectivity index (χ4v) is 3.54. The maximum atomic E-state index is 14.4. The first kappa shape index (κ1) is 20.2. The Balaban J connectivity index is 2.17. The van der Waals surface area contributed by atoms with Crippen molar-refractivity contribution in [2.75, 3.05) is 11.4 Å². The van der Waals surface area contributed by atoms with Gasteiger partial charge in [0.05, 0.1) is 0 Å². The van der Waals surface area contributed by atoms with E-state index in [1.165, 1.54) is 13.8 Å². The normalized spacial score (nSPS) is 15.0. The van der Waals surface area contributed by atoms with Crippen LogP contribution in [0.5, 0.6) is 0 Å². The third-order valence-electron chi connectivity index (χ3n) is 4.75. The molecule has 1 nitrogen and oxygen atoms in total. The fourth-order valence-electron chi connectivity index (χ4n) is 3.54. The average Bonchev–Trinajstić information content (AvgIpc) is 2.58. The second kappa shape index (κ2) is 6.53. The molecule has 1 heterocycles. The Labute approximate surface area is 157 Å². The number of halogens is 7. The monoisotopic (exact) mass is 403 g/mol. The van der Waals surface area contributed by atoms with E-state index in [1.54, 1.807) is 17.0 Å². The van der Waals surface area contributed by atoms with E-state index in [-0.39, 0.29) is 11.1 Å². The van der Waals surface area contributed by atoms with Gasteiger partial charge in [-0.2, -0.15) is 26.3 Å². The van der Waals surface area contributed by atoms with Crippen molar-refractivity contribution in [1.82, 2.24) is 0 Å². The van der Waals surface area contributed by atoms with Gasteiger partial charge in [0.2, 0.25) is 0 Å². The number of nitrogens with zero attached hydrogens (tertiary/aromatic N) is 1. The van der Waals surface area contributed by atoms with Crippen LogP contribution < -0.4 is 4.90 Å². The molecule has 0 unspecified atom stereocenters. The number of rotatable bonds is 2. The highest BCUT2D eigenvalue weighted by atomic mass is 19.4. The number of hydrogen-bond donors (Lipinski definition) is 0. The highest BCUT2D eigenvalue weighted by Crippen LogP contribution is 2.54. The maximum absolute atomic E-state index is 14.4. The molecule has 2 aromatic carbocycles. The van der Waals surface area contributed by atoms with Crippen LogP contribution in [0.2, 0.25) is 0 Å². The zero-order valence-electron chi connectivity index (χ0n) is 14.9. The predicted octanol–water partition coefficient (Wildman–Crippen LogP) is 6.76. The van der Waals surface area contributed by atoms with Crippen molar-refractivity contribution >= 4 is 17.5 Å². The first-order valence-corrected chi connectivity index (χ1v) is 8.35. The Hall–Kier alpha value is -2.51. The van der Waals surface area contributed by atoms with Crippen LogP contribution in [0.4, 0.5) is 42.1 Å². The maximum Gasteiger partial charge on any atom is 0.435 e. The molecule has 150 valence electrons. The average molecular weight is 403 g/mol. The van der Waals surface area contributed by atoms with Crippen LogP contribution in [-0.4, -0.2) is 18.9 Å². The highest BCUT2D eigenvalue weighted by Gasteiger charge is 2.73. The van der Waals surface area contributed by atoms with Gasteiger partial charge < -0.3 is 4.90 Å². The molecule has 28 heavy (non-hydrogen) atoms. The smallest absolute Gasteiger partial charge is 0.337 e. The second-order valence-corrected chi connectivity index (χ2v) is 6.68. The van der Waals surface area contributed by atoms with E-state index >= 15 is 0 Å². The summed E-state index contributed by atoms with van der Waals surface area (Å²) in [5.41, 5.74) is -4.58. The molecule has 1 aliphatic rings. The SMILES string of the molecule is Cc1cc(C(F)(C(F)(F)F)C(F)(F)F)cc(C)c1N1CC=Cc2ccccc21. The third-order valence-corrected chi connectivity index (χ3v) is 4.75. The summed E-state index contributed by atoms with van der Waals surface area (Å²) in [5.74, 6) is 0. The van der Waals surface area contributed by atoms with Gasteiger partial charge in [0.25, 0.3) is 0 Å². The van der Waals surface area contributed by atoms with E-state index in [2.05, 4.69) is 0 Å². The Bertz CT molecular complexity index is 888. The number of aryl methyl sites for hydroxylation is 2. The first-order chi connectivity index (χ1) is 12.9. The van der Waals surface area contributed by atoms with Crippen LogP contribution >= 0.6 is 0 Å². The number of anilines is 2. The summed E-state index contributed by atoms with van der Waals surface area (Å²) in [4.78, 5) is 1.78. The number of alkyl halides is 7. The van der Waals surface area contributed by atoms with Crippen LogP contribution in [0.15, 0.2) is 42.5 Å². The zero-order chi connectivity index (χ0) is 20.9. The molecule has 0 N–H and O–H groups in total. The molecule has 0 aliphatic carbocycles. The summed E-state index contributed by atoms with van der Waals surface area (Å²) >= 11 is 0. The molecule has 0 saturated carbocycles. The molecule has 0 spiro atoms. The largest absolute Gasteiger partial charge is 0.435 e. The molecule has 3 rings (SSSR count). The van der Waals surface area contributed by atoms with Crippen LogP contribution in [0.3, 0.4) is 0 Å². The Morgan fingerprint density at radius 1 is 0.821 bits per heavy atom. The molecular weight excluding hydrogens is 387 g/mol. The van der Waals surface area contributed by atoms with Crippen LogP contribution in [0, 0.1) is 13.8 Å². The molecular formula is C20H16F7N. The van der Waals surface area contributed by atoms with Gasteiger partial charge in [-0.25, -0.2) is 4.39 Å². The van der Waals surface area contributed by atoms with E-state index in [1.807, 2.05) is 24.3 Å². The first-order valence-electron chi connectivity index (χ1n) is 8.35. The lowest BCUT2D eigenvalue weighted by atomic mass is 9.90. The number of para-hydroxylation sites is 1. The van der Waals surface area contributed by atoms with Gasteiger partial charge in [-0.1, -0.05) is 42.5 Å². The van der Waals surface area contributed by atoms with Gasteiger partial charge in [0.1, 0.15) is 0 Å². The summed E-state index contributed by atoms with van der Waals surface area (Å²) in [6.07, 6.45) is -8.55. The molecule has 0 saturated heterocycles. The van der Waals surface area contributed by atoms with E-state index in [9.17, 15) is 30.7 Å². The molecule has 0 atom stereocenters. The lowest BCUT2D eigenvalue weighted by molar-refractivity contribution is -0.348. The predicted molar refractivity (Wildman–Crippen MR) is 93.3 cm³/mol. The van der Waals surface area contributed by atoms with E-state index in [0.717, 1.165) is 11.3 Å². The van der Waals surface area contributed by atoms with Crippen molar-refractivity contribution in [2.24, 2.45) is 0 Å². The fraction of sp³-hybridized carbons (Fsp3) is 0.300. The summed E-state index contributed by atoms with van der Waals surface area (Å²) in [7, 11) is 0. The van der Waals surface area contributed by atoms with Gasteiger partial charge in [0.15, 0.2) is 0 Å². The molecule has 0 bridgehead atoms. The van der Waals surface area contributed by atoms with Crippen molar-refractivity contribution in [3.05, 3.63) is 64.7 Å². The minimum Gasteiger partial charge on any atom is -0.337 e. The number of fused-ring (bicyclic) bond motifs is 1.